The van der Waals surface area contributed by atoms with E-state index >= 15 is 0 Å². The Kier molecular flexibility index (Phi) is 7.34. The number of rotatable bonds is 5. The van der Waals surface area contributed by atoms with E-state index in [1.807, 2.05) is 0 Å². The van der Waals surface area contributed by atoms with E-state index < -0.39 is 23.6 Å². The molecule has 110 valence electrons. The first-order valence-electron chi connectivity index (χ1n) is 5.73. The second-order valence-electron chi connectivity index (χ2n) is 3.48. The number of carbonyl (C=O) groups is 4. The van der Waals surface area contributed by atoms with Gasteiger partial charge in [-0.25, -0.2) is 0 Å². The predicted octanol–water partition coefficient (Wildman–Crippen LogP) is -2.18. The molecule has 0 aliphatic rings. The lowest BCUT2D eigenvalue weighted by atomic mass is 10.1. The van der Waals surface area contributed by atoms with Gasteiger partial charge in [-0.1, -0.05) is 0 Å². The van der Waals surface area contributed by atoms with Crippen molar-refractivity contribution in [2.75, 3.05) is 28.2 Å². The van der Waals surface area contributed by atoms with Crippen LogP contribution in [-0.4, -0.2) is 51.8 Å². The largest absolute Gasteiger partial charge is 0.355 e. The Hall–Kier alpha value is -2.64. The molecule has 0 saturated heterocycles. The molecule has 0 unspecified atom stereocenters. The molecule has 0 aromatic rings. The number of likely N-dealkylation sites (N-methyl/N-ethyl adjacent to an activating group) is 4. The van der Waals surface area contributed by atoms with Gasteiger partial charge >= 0.3 is 0 Å². The van der Waals surface area contributed by atoms with E-state index in [-0.39, 0.29) is 11.1 Å². The minimum Gasteiger partial charge on any atom is -0.355 e. The Balaban J connectivity index is 5.64. The van der Waals surface area contributed by atoms with Gasteiger partial charge in [-0.15, -0.1) is 0 Å². The summed E-state index contributed by atoms with van der Waals surface area (Å²) in [5.74, 6) is -2.52. The third-order valence-electron chi connectivity index (χ3n) is 2.30. The van der Waals surface area contributed by atoms with E-state index in [4.69, 9.17) is 0 Å². The van der Waals surface area contributed by atoms with Crippen molar-refractivity contribution in [3.05, 3.63) is 23.3 Å². The molecule has 0 spiro atoms. The highest BCUT2D eigenvalue weighted by molar-refractivity contribution is 6.20. The summed E-state index contributed by atoms with van der Waals surface area (Å²) in [6.07, 6.45) is 2.22. The van der Waals surface area contributed by atoms with Gasteiger partial charge in [-0.3, -0.25) is 19.2 Å². The van der Waals surface area contributed by atoms with Gasteiger partial charge in [0.25, 0.3) is 23.6 Å². The van der Waals surface area contributed by atoms with Crippen molar-refractivity contribution in [2.45, 2.75) is 0 Å². The van der Waals surface area contributed by atoms with Gasteiger partial charge in [0.1, 0.15) is 11.1 Å². The Morgan fingerprint density at radius 3 is 0.900 bits per heavy atom. The first-order valence-corrected chi connectivity index (χ1v) is 5.73. The number of allylic oxidation sites excluding steroid dienone is 2. The van der Waals surface area contributed by atoms with E-state index in [9.17, 15) is 19.2 Å². The minimum atomic E-state index is -0.631. The summed E-state index contributed by atoms with van der Waals surface area (Å²) in [5, 5.41) is 9.17. The third kappa shape index (κ3) is 4.56. The van der Waals surface area contributed by atoms with Crippen LogP contribution in [0.4, 0.5) is 0 Å². The average molecular weight is 282 g/mol. The van der Waals surface area contributed by atoms with Crippen molar-refractivity contribution < 1.29 is 19.2 Å². The summed E-state index contributed by atoms with van der Waals surface area (Å²) in [7, 11) is 5.45. The lowest BCUT2D eigenvalue weighted by Crippen LogP contribution is -2.32. The maximum absolute atomic E-state index is 11.5. The summed E-state index contributed by atoms with van der Waals surface area (Å²) in [4.78, 5) is 46.1. The van der Waals surface area contributed by atoms with Crippen LogP contribution in [0.15, 0.2) is 23.3 Å². The highest BCUT2D eigenvalue weighted by atomic mass is 16.2. The number of carbonyl (C=O) groups excluding carboxylic acids is 4. The fourth-order valence-corrected chi connectivity index (χ4v) is 1.21. The second kappa shape index (κ2) is 8.46. The zero-order valence-corrected chi connectivity index (χ0v) is 11.8. The monoisotopic (exact) mass is 282 g/mol. The van der Waals surface area contributed by atoms with Gasteiger partial charge in [-0.2, -0.15) is 0 Å². The molecule has 0 aromatic carbocycles. The maximum atomic E-state index is 11.5. The molecule has 4 amide bonds. The van der Waals surface area contributed by atoms with E-state index in [0.29, 0.717) is 0 Å². The number of amides is 4. The quantitative estimate of drug-likeness (QED) is 0.198. The van der Waals surface area contributed by atoms with Crippen molar-refractivity contribution in [3.8, 4) is 0 Å². The lowest BCUT2D eigenvalue weighted by molar-refractivity contribution is -0.124. The molecule has 0 saturated carbocycles. The van der Waals surface area contributed by atoms with Crippen molar-refractivity contribution in [3.63, 3.8) is 0 Å². The van der Waals surface area contributed by atoms with E-state index in [1.54, 1.807) is 0 Å². The molecule has 0 bridgehead atoms. The summed E-state index contributed by atoms with van der Waals surface area (Å²) in [6.45, 7) is 0. The standard InChI is InChI=1S/C12H18N4O4/c1-13-9(17)7(10(18)14-2)5-6-8(11(19)15-3)12(20)16-4/h5-6H,1-4H3,(H,13,17)(H,14,18)(H,15,19)(H,16,20). The fraction of sp³-hybridized carbons (Fsp3) is 0.333. The van der Waals surface area contributed by atoms with Crippen molar-refractivity contribution >= 4 is 23.6 Å². The van der Waals surface area contributed by atoms with Crippen LogP contribution in [0.3, 0.4) is 0 Å². The van der Waals surface area contributed by atoms with Crippen LogP contribution < -0.4 is 21.3 Å². The summed E-state index contributed by atoms with van der Waals surface area (Å²) >= 11 is 0. The lowest BCUT2D eigenvalue weighted by Gasteiger charge is -2.05. The second-order valence-corrected chi connectivity index (χ2v) is 3.48. The number of hydrogen-bond acceptors (Lipinski definition) is 4. The first kappa shape index (κ1) is 17.4. The molecule has 0 atom stereocenters. The summed E-state index contributed by atoms with van der Waals surface area (Å²) in [6, 6.07) is 0. The Morgan fingerprint density at radius 2 is 0.750 bits per heavy atom. The number of nitrogens with one attached hydrogen (secondary N) is 4. The molecular weight excluding hydrogens is 264 g/mol. The van der Waals surface area contributed by atoms with Crippen LogP contribution in [0.5, 0.6) is 0 Å². The Labute approximate surface area is 116 Å². The zero-order valence-electron chi connectivity index (χ0n) is 11.8. The normalized spacial score (nSPS) is 8.80. The molecule has 0 aromatic heterocycles. The van der Waals surface area contributed by atoms with Crippen LogP contribution in [0, 0.1) is 0 Å². The minimum absolute atomic E-state index is 0.222. The summed E-state index contributed by atoms with van der Waals surface area (Å²) < 4.78 is 0. The van der Waals surface area contributed by atoms with Crippen LogP contribution in [-0.2, 0) is 19.2 Å². The Morgan fingerprint density at radius 1 is 0.550 bits per heavy atom. The third-order valence-corrected chi connectivity index (χ3v) is 2.30. The van der Waals surface area contributed by atoms with Gasteiger partial charge in [0, 0.05) is 28.2 Å². The van der Waals surface area contributed by atoms with Crippen molar-refractivity contribution in [2.24, 2.45) is 0 Å². The van der Waals surface area contributed by atoms with Crippen molar-refractivity contribution in [1.82, 2.24) is 21.3 Å². The van der Waals surface area contributed by atoms with Crippen molar-refractivity contribution in [1.29, 1.82) is 0 Å². The molecule has 0 radical (unpaired) electrons. The van der Waals surface area contributed by atoms with E-state index in [0.717, 1.165) is 12.2 Å². The van der Waals surface area contributed by atoms with Gasteiger partial charge in [-0.05, 0) is 12.2 Å². The van der Waals surface area contributed by atoms with E-state index in [1.165, 1.54) is 28.2 Å². The van der Waals surface area contributed by atoms with Crippen LogP contribution >= 0.6 is 0 Å². The molecule has 0 heterocycles. The summed E-state index contributed by atoms with van der Waals surface area (Å²) in [5.41, 5.74) is -0.444. The van der Waals surface area contributed by atoms with Gasteiger partial charge < -0.3 is 21.3 Å². The van der Waals surface area contributed by atoms with E-state index in [2.05, 4.69) is 21.3 Å². The molecule has 0 fully saturated rings. The van der Waals surface area contributed by atoms with Crippen LogP contribution in [0.25, 0.3) is 0 Å². The molecule has 0 aliphatic heterocycles. The first-order chi connectivity index (χ1) is 9.42. The van der Waals surface area contributed by atoms with Gasteiger partial charge in [0.2, 0.25) is 0 Å². The van der Waals surface area contributed by atoms with Gasteiger partial charge in [0.15, 0.2) is 0 Å². The highest BCUT2D eigenvalue weighted by Crippen LogP contribution is 2.01. The molecule has 4 N–H and O–H groups in total. The topological polar surface area (TPSA) is 116 Å². The predicted molar refractivity (Wildman–Crippen MR) is 72.4 cm³/mol. The molecular formula is C12H18N4O4. The molecule has 8 nitrogen and oxygen atoms in total. The maximum Gasteiger partial charge on any atom is 0.256 e. The smallest absolute Gasteiger partial charge is 0.256 e. The zero-order chi connectivity index (χ0) is 15.7. The SMILES string of the molecule is CNC(=O)C(=CC=C(C(=O)NC)C(=O)NC)C(=O)NC. The molecule has 8 heteroatoms. The molecule has 0 rings (SSSR count). The number of hydrogen-bond donors (Lipinski definition) is 4. The molecule has 0 aliphatic carbocycles. The highest BCUT2D eigenvalue weighted by Gasteiger charge is 2.18. The Bertz CT molecular complexity index is 400. The van der Waals surface area contributed by atoms with Crippen LogP contribution in [0.2, 0.25) is 0 Å². The fourth-order valence-electron chi connectivity index (χ4n) is 1.21. The average Bonchev–Trinajstić information content (AvgIpc) is 2.48. The molecule has 20 heavy (non-hydrogen) atoms. The van der Waals surface area contributed by atoms with Crippen LogP contribution in [0.1, 0.15) is 0 Å². The van der Waals surface area contributed by atoms with Gasteiger partial charge in [0.05, 0.1) is 0 Å².